The molecule has 12 aromatic carbocycles. The van der Waals surface area contributed by atoms with Crippen molar-refractivity contribution in [3.8, 4) is 44.5 Å². The molecule has 0 unspecified atom stereocenters. The van der Waals surface area contributed by atoms with Crippen molar-refractivity contribution >= 4 is 75.4 Å². The third kappa shape index (κ3) is 4.54. The van der Waals surface area contributed by atoms with Gasteiger partial charge in [-0.1, -0.05) is 194 Å². The normalized spacial score (nSPS) is 11.9. The van der Waals surface area contributed by atoms with Crippen molar-refractivity contribution in [3.63, 3.8) is 0 Å². The lowest BCUT2D eigenvalue weighted by Gasteiger charge is -2.20. The zero-order chi connectivity index (χ0) is 36.7. The van der Waals surface area contributed by atoms with E-state index in [1.165, 1.54) is 120 Å². The highest BCUT2D eigenvalue weighted by atomic mass is 14.2. The van der Waals surface area contributed by atoms with Gasteiger partial charge in [0.25, 0.3) is 0 Å². The number of hydrogen-bond acceptors (Lipinski definition) is 0. The Kier molecular flexibility index (Phi) is 6.73. The second kappa shape index (κ2) is 12.1. The quantitative estimate of drug-likeness (QED) is 0.160. The molecule has 0 atom stereocenters. The molecule has 12 aromatic rings. The predicted molar refractivity (Wildman–Crippen MR) is 242 cm³/mol. The van der Waals surface area contributed by atoms with E-state index < -0.39 is 0 Å². The van der Waals surface area contributed by atoms with E-state index in [0.29, 0.717) is 0 Å². The smallest absolute Gasteiger partial charge is 0.00203 e. The summed E-state index contributed by atoms with van der Waals surface area (Å²) in [5, 5.41) is 18.0. The van der Waals surface area contributed by atoms with Crippen molar-refractivity contribution in [2.45, 2.75) is 0 Å². The third-order valence-corrected chi connectivity index (χ3v) is 12.2. The van der Waals surface area contributed by atoms with Crippen molar-refractivity contribution in [2.24, 2.45) is 0 Å². The van der Waals surface area contributed by atoms with Gasteiger partial charge in [-0.25, -0.2) is 0 Å². The summed E-state index contributed by atoms with van der Waals surface area (Å²) in [7, 11) is 0. The van der Waals surface area contributed by atoms with Crippen LogP contribution in [0.15, 0.2) is 206 Å². The van der Waals surface area contributed by atoms with Gasteiger partial charge in [0.1, 0.15) is 0 Å². The van der Waals surface area contributed by atoms with Crippen molar-refractivity contribution in [1.82, 2.24) is 0 Å². The van der Waals surface area contributed by atoms with E-state index in [1.54, 1.807) is 0 Å². The highest BCUT2D eigenvalue weighted by molar-refractivity contribution is 6.28. The molecule has 12 rings (SSSR count). The van der Waals surface area contributed by atoms with Gasteiger partial charge in [0.15, 0.2) is 0 Å². The highest BCUT2D eigenvalue weighted by Gasteiger charge is 2.20. The average molecular weight is 707 g/mol. The molecular weight excluding hydrogens is 673 g/mol. The lowest BCUT2D eigenvalue weighted by Crippen LogP contribution is -1.93. The summed E-state index contributed by atoms with van der Waals surface area (Å²) in [5.41, 5.74) is 10.0. The minimum Gasteiger partial charge on any atom is -0.0616 e. The van der Waals surface area contributed by atoms with E-state index in [4.69, 9.17) is 0 Å². The van der Waals surface area contributed by atoms with Gasteiger partial charge in [0, 0.05) is 0 Å². The fourth-order valence-corrected chi connectivity index (χ4v) is 9.73. The van der Waals surface area contributed by atoms with Gasteiger partial charge in [-0.15, -0.1) is 0 Å². The van der Waals surface area contributed by atoms with Gasteiger partial charge in [0.05, 0.1) is 0 Å². The summed E-state index contributed by atoms with van der Waals surface area (Å²) in [5.74, 6) is 0. The Labute approximate surface area is 324 Å². The summed E-state index contributed by atoms with van der Waals surface area (Å²) in [6.07, 6.45) is 0. The molecule has 0 spiro atoms. The highest BCUT2D eigenvalue weighted by Crippen LogP contribution is 2.47. The molecule has 258 valence electrons. The molecule has 0 amide bonds. The maximum atomic E-state index is 2.38. The van der Waals surface area contributed by atoms with Crippen LogP contribution in [0.25, 0.3) is 120 Å². The Morgan fingerprint density at radius 1 is 0.161 bits per heavy atom. The van der Waals surface area contributed by atoms with Gasteiger partial charge in [-0.3, -0.25) is 0 Å². The largest absolute Gasteiger partial charge is 0.0616 e. The first kappa shape index (κ1) is 31.1. The SMILES string of the molecule is c1ccc(-c2ccc3ccc4c(-c5ccccc5-c5cc6ccccc6c6ccccc56)ccc5ccc2c3c54)c(-c2cc3ccccc3c3ccccc23)c1. The third-order valence-electron chi connectivity index (χ3n) is 12.2. The first-order valence-corrected chi connectivity index (χ1v) is 19.5. The lowest BCUT2D eigenvalue weighted by atomic mass is 9.83. The molecule has 0 aromatic heterocycles. The standard InChI is InChI=1S/C56H34/c1-3-15-39-37(13-1)33-53(45-21-9-5-17-41(39)45)47-23-11-7-19-43(47)49-29-25-35-28-32-52-50(30-26-36-27-31-51(49)55(35)56(36)52)44-20-8-12-24-48(44)54-34-38-14-2-4-16-40(38)42-18-6-10-22-46(42)54/h1-34H. The van der Waals surface area contributed by atoms with Crippen LogP contribution >= 0.6 is 0 Å². The van der Waals surface area contributed by atoms with Crippen molar-refractivity contribution < 1.29 is 0 Å². The summed E-state index contributed by atoms with van der Waals surface area (Å²) in [6, 6.07) is 76.6. The zero-order valence-corrected chi connectivity index (χ0v) is 30.6. The number of hydrogen-bond donors (Lipinski definition) is 0. The molecule has 0 saturated heterocycles. The van der Waals surface area contributed by atoms with Crippen LogP contribution in [-0.2, 0) is 0 Å². The second-order valence-electron chi connectivity index (χ2n) is 15.1. The van der Waals surface area contributed by atoms with E-state index >= 15 is 0 Å². The van der Waals surface area contributed by atoms with E-state index in [2.05, 4.69) is 206 Å². The van der Waals surface area contributed by atoms with Crippen molar-refractivity contribution in [2.75, 3.05) is 0 Å². The van der Waals surface area contributed by atoms with E-state index in [1.807, 2.05) is 0 Å². The Hall–Kier alpha value is -7.28. The van der Waals surface area contributed by atoms with Gasteiger partial charge >= 0.3 is 0 Å². The zero-order valence-electron chi connectivity index (χ0n) is 30.6. The van der Waals surface area contributed by atoms with Gasteiger partial charge < -0.3 is 0 Å². The maximum absolute atomic E-state index is 2.38. The van der Waals surface area contributed by atoms with Crippen LogP contribution in [0.1, 0.15) is 0 Å². The molecule has 0 heterocycles. The summed E-state index contributed by atoms with van der Waals surface area (Å²) >= 11 is 0. The van der Waals surface area contributed by atoms with Crippen LogP contribution in [0.3, 0.4) is 0 Å². The number of benzene rings is 12. The molecule has 0 aliphatic heterocycles. The molecule has 0 radical (unpaired) electrons. The molecule has 0 aliphatic carbocycles. The fraction of sp³-hybridized carbons (Fsp3) is 0. The molecule has 0 fully saturated rings. The monoisotopic (exact) mass is 706 g/mol. The van der Waals surface area contributed by atoms with Gasteiger partial charge in [-0.2, -0.15) is 0 Å². The molecule has 0 N–H and O–H groups in total. The number of fused-ring (bicyclic) bond motifs is 6. The molecule has 0 bridgehead atoms. The van der Waals surface area contributed by atoms with Crippen LogP contribution in [0, 0.1) is 0 Å². The minimum absolute atomic E-state index is 1.25. The van der Waals surface area contributed by atoms with E-state index in [9.17, 15) is 0 Å². The topological polar surface area (TPSA) is 0 Å². The molecule has 0 aliphatic rings. The minimum atomic E-state index is 1.25. The average Bonchev–Trinajstić information content (AvgIpc) is 3.27. The van der Waals surface area contributed by atoms with E-state index in [0.717, 1.165) is 0 Å². The van der Waals surface area contributed by atoms with Gasteiger partial charge in [-0.05, 0) is 132 Å². The summed E-state index contributed by atoms with van der Waals surface area (Å²) in [6.45, 7) is 0. The van der Waals surface area contributed by atoms with Crippen LogP contribution in [0.5, 0.6) is 0 Å². The second-order valence-corrected chi connectivity index (χ2v) is 15.1. The Bertz CT molecular complexity index is 3290. The van der Waals surface area contributed by atoms with Gasteiger partial charge in [0.2, 0.25) is 0 Å². The van der Waals surface area contributed by atoms with Crippen LogP contribution in [-0.4, -0.2) is 0 Å². The first-order chi connectivity index (χ1) is 27.8. The first-order valence-electron chi connectivity index (χ1n) is 19.5. The Morgan fingerprint density at radius 3 is 0.911 bits per heavy atom. The van der Waals surface area contributed by atoms with Crippen LogP contribution in [0.2, 0.25) is 0 Å². The maximum Gasteiger partial charge on any atom is -0.00203 e. The Balaban J connectivity index is 1.10. The molecular formula is C56H34. The number of rotatable bonds is 4. The lowest BCUT2D eigenvalue weighted by molar-refractivity contribution is 1.63. The molecule has 0 heteroatoms. The van der Waals surface area contributed by atoms with Crippen LogP contribution in [0.4, 0.5) is 0 Å². The van der Waals surface area contributed by atoms with E-state index in [-0.39, 0.29) is 0 Å². The predicted octanol–water partition coefficient (Wildman–Crippen LogP) is 15.9. The van der Waals surface area contributed by atoms with Crippen LogP contribution < -0.4 is 0 Å². The Morgan fingerprint density at radius 2 is 0.482 bits per heavy atom. The molecule has 0 saturated carbocycles. The van der Waals surface area contributed by atoms with Crippen molar-refractivity contribution in [1.29, 1.82) is 0 Å². The summed E-state index contributed by atoms with van der Waals surface area (Å²) < 4.78 is 0. The molecule has 0 nitrogen and oxygen atoms in total. The fourth-order valence-electron chi connectivity index (χ4n) is 9.73. The molecule has 56 heavy (non-hydrogen) atoms. The van der Waals surface area contributed by atoms with Crippen molar-refractivity contribution in [3.05, 3.63) is 206 Å². The summed E-state index contributed by atoms with van der Waals surface area (Å²) in [4.78, 5) is 0.